The summed E-state index contributed by atoms with van der Waals surface area (Å²) in [5.74, 6) is 0.553. The Morgan fingerprint density at radius 1 is 1.21 bits per heavy atom. The van der Waals surface area contributed by atoms with Crippen molar-refractivity contribution in [3.63, 3.8) is 0 Å². The molecule has 1 N–H and O–H groups in total. The summed E-state index contributed by atoms with van der Waals surface area (Å²) in [5.41, 5.74) is 1.38. The van der Waals surface area contributed by atoms with E-state index >= 15 is 0 Å². The van der Waals surface area contributed by atoms with Gasteiger partial charge in [0.1, 0.15) is 6.04 Å². The fourth-order valence-corrected chi connectivity index (χ4v) is 4.00. The van der Waals surface area contributed by atoms with Crippen LogP contribution in [-0.2, 0) is 9.53 Å². The number of likely N-dealkylation sites (tertiary alicyclic amines) is 1. The Labute approximate surface area is 142 Å². The van der Waals surface area contributed by atoms with Crippen LogP contribution in [0.1, 0.15) is 50.5 Å². The molecule has 1 aromatic rings. The lowest BCUT2D eigenvalue weighted by Crippen LogP contribution is -2.44. The molecular formula is C19H25NO4. The van der Waals surface area contributed by atoms with Crippen LogP contribution >= 0.6 is 0 Å². The molecule has 1 aromatic carbocycles. The molecule has 1 saturated carbocycles. The molecule has 0 aromatic heterocycles. The van der Waals surface area contributed by atoms with E-state index in [1.807, 2.05) is 6.07 Å². The first-order valence-electron chi connectivity index (χ1n) is 8.76. The van der Waals surface area contributed by atoms with E-state index in [1.165, 1.54) is 10.5 Å². The van der Waals surface area contributed by atoms with Gasteiger partial charge >= 0.3 is 6.09 Å². The smallest absolute Gasteiger partial charge is 0.408 e. The molecule has 2 atom stereocenters. The van der Waals surface area contributed by atoms with Gasteiger partial charge in [-0.1, -0.05) is 30.3 Å². The molecule has 0 radical (unpaired) electrons. The Bertz CT molecular complexity index is 580. The van der Waals surface area contributed by atoms with E-state index in [2.05, 4.69) is 24.3 Å². The number of carboxylic acid groups (broad SMARTS) is 1. The van der Waals surface area contributed by atoms with Crippen molar-refractivity contribution in [2.75, 3.05) is 6.61 Å². The maximum atomic E-state index is 12.0. The van der Waals surface area contributed by atoms with Crippen LogP contribution in [0.4, 0.5) is 4.79 Å². The van der Waals surface area contributed by atoms with Gasteiger partial charge in [-0.3, -0.25) is 9.69 Å². The molecule has 1 heterocycles. The fourth-order valence-electron chi connectivity index (χ4n) is 4.00. The summed E-state index contributed by atoms with van der Waals surface area (Å²) in [6, 6.07) is 9.65. The third kappa shape index (κ3) is 3.61. The van der Waals surface area contributed by atoms with E-state index < -0.39 is 12.1 Å². The Kier molecular flexibility index (Phi) is 5.19. The second-order valence-corrected chi connectivity index (χ2v) is 6.94. The van der Waals surface area contributed by atoms with E-state index in [9.17, 15) is 14.7 Å². The number of rotatable bonds is 4. The number of nitrogens with zero attached hydrogens (tertiary/aromatic N) is 1. The van der Waals surface area contributed by atoms with Gasteiger partial charge in [0.2, 0.25) is 0 Å². The van der Waals surface area contributed by atoms with Gasteiger partial charge in [-0.2, -0.15) is 0 Å². The first kappa shape index (κ1) is 17.0. The second-order valence-electron chi connectivity index (χ2n) is 6.94. The van der Waals surface area contributed by atoms with E-state index in [-0.39, 0.29) is 24.5 Å². The van der Waals surface area contributed by atoms with Crippen LogP contribution in [0.3, 0.4) is 0 Å². The number of ketones is 1. The number of carbonyl (C=O) groups excluding carboxylic acids is 1. The van der Waals surface area contributed by atoms with Crippen molar-refractivity contribution in [2.45, 2.75) is 63.1 Å². The van der Waals surface area contributed by atoms with Crippen molar-refractivity contribution in [1.82, 2.24) is 4.90 Å². The quantitative estimate of drug-likeness (QED) is 0.918. The van der Waals surface area contributed by atoms with Gasteiger partial charge in [0.15, 0.2) is 5.78 Å². The highest BCUT2D eigenvalue weighted by Crippen LogP contribution is 2.34. The minimum Gasteiger partial charge on any atom is -0.465 e. The predicted octanol–water partition coefficient (Wildman–Crippen LogP) is 3.44. The van der Waals surface area contributed by atoms with Crippen LogP contribution in [0.5, 0.6) is 0 Å². The van der Waals surface area contributed by atoms with E-state index in [0.29, 0.717) is 12.3 Å². The zero-order valence-corrected chi connectivity index (χ0v) is 14.1. The molecule has 0 bridgehead atoms. The topological polar surface area (TPSA) is 66.8 Å². The van der Waals surface area contributed by atoms with E-state index in [0.717, 1.165) is 25.7 Å². The minimum atomic E-state index is -1.03. The molecule has 1 aliphatic heterocycles. The minimum absolute atomic E-state index is 0.0251. The fraction of sp³-hybridized carbons (Fsp3) is 0.579. The molecular weight excluding hydrogens is 306 g/mol. The van der Waals surface area contributed by atoms with Crippen LogP contribution in [0.15, 0.2) is 30.3 Å². The van der Waals surface area contributed by atoms with Crippen molar-refractivity contribution in [3.8, 4) is 0 Å². The molecule has 24 heavy (non-hydrogen) atoms. The Balaban J connectivity index is 1.50. The number of ether oxygens (including phenoxy) is 1. The third-order valence-corrected chi connectivity index (χ3v) is 5.33. The molecule has 0 spiro atoms. The first-order valence-corrected chi connectivity index (χ1v) is 8.76. The standard InChI is InChI=1S/C19H25NO4/c1-13-11-18(21)17(20(13)19(22)23)12-24-16-9-7-15(8-10-16)14-5-3-2-4-6-14/h2-6,13,15-17H,7-12H2,1H3,(H,22,23)/t13-,15?,16?,17+/m1/s1. The van der Waals surface area contributed by atoms with Gasteiger partial charge in [0, 0.05) is 12.5 Å². The SMILES string of the molecule is C[C@@H]1CC(=O)[C@H](COC2CCC(c3ccccc3)CC2)N1C(=O)O. The first-order chi connectivity index (χ1) is 11.6. The molecule has 5 heteroatoms. The summed E-state index contributed by atoms with van der Waals surface area (Å²) < 4.78 is 5.92. The molecule has 2 fully saturated rings. The zero-order chi connectivity index (χ0) is 17.1. The van der Waals surface area contributed by atoms with Gasteiger partial charge in [-0.05, 0) is 44.1 Å². The number of hydrogen-bond acceptors (Lipinski definition) is 3. The molecule has 3 rings (SSSR count). The monoisotopic (exact) mass is 331 g/mol. The number of carbonyl (C=O) groups is 2. The van der Waals surface area contributed by atoms with E-state index in [4.69, 9.17) is 4.74 Å². The lowest BCUT2D eigenvalue weighted by Gasteiger charge is -2.31. The molecule has 1 aliphatic carbocycles. The molecule has 1 amide bonds. The number of Topliss-reactive ketones (excluding diaryl/α,β-unsaturated/α-hetero) is 1. The van der Waals surface area contributed by atoms with Gasteiger partial charge in [-0.15, -0.1) is 0 Å². The average molecular weight is 331 g/mol. The van der Waals surface area contributed by atoms with Crippen LogP contribution in [-0.4, -0.2) is 46.7 Å². The highest BCUT2D eigenvalue weighted by atomic mass is 16.5. The van der Waals surface area contributed by atoms with Crippen molar-refractivity contribution >= 4 is 11.9 Å². The molecule has 5 nitrogen and oxygen atoms in total. The highest BCUT2D eigenvalue weighted by molar-refractivity contribution is 5.91. The summed E-state index contributed by atoms with van der Waals surface area (Å²) in [7, 11) is 0. The highest BCUT2D eigenvalue weighted by Gasteiger charge is 2.41. The largest absolute Gasteiger partial charge is 0.465 e. The molecule has 0 unspecified atom stereocenters. The second kappa shape index (κ2) is 7.34. The third-order valence-electron chi connectivity index (χ3n) is 5.33. The predicted molar refractivity (Wildman–Crippen MR) is 90.1 cm³/mol. The van der Waals surface area contributed by atoms with Crippen molar-refractivity contribution in [1.29, 1.82) is 0 Å². The van der Waals surface area contributed by atoms with Crippen LogP contribution in [0.25, 0.3) is 0 Å². The maximum absolute atomic E-state index is 12.0. The molecule has 1 saturated heterocycles. The molecule has 130 valence electrons. The van der Waals surface area contributed by atoms with Crippen molar-refractivity contribution in [3.05, 3.63) is 35.9 Å². The summed E-state index contributed by atoms with van der Waals surface area (Å²) in [6.45, 7) is 1.97. The lowest BCUT2D eigenvalue weighted by molar-refractivity contribution is -0.122. The summed E-state index contributed by atoms with van der Waals surface area (Å²) in [4.78, 5) is 24.6. The number of benzene rings is 1. The van der Waals surface area contributed by atoms with Crippen molar-refractivity contribution in [2.24, 2.45) is 0 Å². The average Bonchev–Trinajstić information content (AvgIpc) is 2.88. The molecule has 2 aliphatic rings. The normalized spacial score (nSPS) is 30.5. The van der Waals surface area contributed by atoms with Crippen LogP contribution in [0, 0.1) is 0 Å². The number of hydrogen-bond donors (Lipinski definition) is 1. The lowest BCUT2D eigenvalue weighted by atomic mass is 9.83. The summed E-state index contributed by atoms with van der Waals surface area (Å²) in [6.07, 6.45) is 3.46. The van der Waals surface area contributed by atoms with Gasteiger partial charge in [0.25, 0.3) is 0 Å². The Hall–Kier alpha value is -1.88. The number of amides is 1. The van der Waals surface area contributed by atoms with Gasteiger partial charge in [0.05, 0.1) is 12.7 Å². The zero-order valence-electron chi connectivity index (χ0n) is 14.1. The summed E-state index contributed by atoms with van der Waals surface area (Å²) >= 11 is 0. The van der Waals surface area contributed by atoms with Gasteiger partial charge in [-0.25, -0.2) is 4.79 Å². The maximum Gasteiger partial charge on any atom is 0.408 e. The van der Waals surface area contributed by atoms with Crippen LogP contribution in [0.2, 0.25) is 0 Å². The van der Waals surface area contributed by atoms with Gasteiger partial charge < -0.3 is 9.84 Å². The van der Waals surface area contributed by atoms with Crippen molar-refractivity contribution < 1.29 is 19.4 Å². The summed E-state index contributed by atoms with van der Waals surface area (Å²) in [5, 5.41) is 9.29. The Morgan fingerprint density at radius 2 is 1.88 bits per heavy atom. The van der Waals surface area contributed by atoms with E-state index in [1.54, 1.807) is 6.92 Å². The Morgan fingerprint density at radius 3 is 2.50 bits per heavy atom. The van der Waals surface area contributed by atoms with Crippen LogP contribution < -0.4 is 0 Å².